The largest absolute Gasteiger partial charge is 0.343 e. The van der Waals surface area contributed by atoms with Gasteiger partial charge in [0, 0.05) is 13.1 Å². The molecule has 2 heterocycles. The second kappa shape index (κ2) is 5.08. The van der Waals surface area contributed by atoms with Gasteiger partial charge in [0.1, 0.15) is 5.15 Å². The van der Waals surface area contributed by atoms with Crippen LogP contribution in [0.1, 0.15) is 16.0 Å². The van der Waals surface area contributed by atoms with Crippen molar-refractivity contribution in [2.75, 3.05) is 11.4 Å². The smallest absolute Gasteiger partial charge is 0.187 e. The zero-order valence-electron chi connectivity index (χ0n) is 9.70. The predicted octanol–water partition coefficient (Wildman–Crippen LogP) is 4.10. The summed E-state index contributed by atoms with van der Waals surface area (Å²) < 4.78 is 0. The number of rotatable bonds is 2. The van der Waals surface area contributed by atoms with Gasteiger partial charge in [-0.15, -0.1) is 11.6 Å². The van der Waals surface area contributed by atoms with Crippen LogP contribution in [0.4, 0.5) is 5.13 Å². The lowest BCUT2D eigenvalue weighted by atomic mass is 10.0. The van der Waals surface area contributed by atoms with Crippen molar-refractivity contribution in [2.24, 2.45) is 0 Å². The minimum absolute atomic E-state index is 0.431. The number of aromatic nitrogens is 1. The third-order valence-electron chi connectivity index (χ3n) is 3.16. The molecule has 1 aliphatic heterocycles. The zero-order valence-corrected chi connectivity index (χ0v) is 12.0. The highest BCUT2D eigenvalue weighted by Crippen LogP contribution is 2.33. The van der Waals surface area contributed by atoms with E-state index in [4.69, 9.17) is 23.2 Å². The zero-order chi connectivity index (χ0) is 12.5. The Kier molecular flexibility index (Phi) is 3.46. The van der Waals surface area contributed by atoms with Gasteiger partial charge in [0.05, 0.1) is 10.8 Å². The maximum absolute atomic E-state index is 6.05. The van der Waals surface area contributed by atoms with Crippen LogP contribution in [0, 0.1) is 0 Å². The van der Waals surface area contributed by atoms with Gasteiger partial charge in [0.25, 0.3) is 0 Å². The minimum Gasteiger partial charge on any atom is -0.343 e. The summed E-state index contributed by atoms with van der Waals surface area (Å²) in [5.41, 5.74) is 2.82. The predicted molar refractivity (Wildman–Crippen MR) is 77.9 cm³/mol. The molecule has 1 aliphatic rings. The number of fused-ring (bicyclic) bond motifs is 1. The Morgan fingerprint density at radius 2 is 2.06 bits per heavy atom. The second-order valence-corrected chi connectivity index (χ2v) is 5.97. The molecule has 0 bridgehead atoms. The van der Waals surface area contributed by atoms with Gasteiger partial charge in [-0.25, -0.2) is 4.98 Å². The molecule has 5 heteroatoms. The lowest BCUT2D eigenvalue weighted by Gasteiger charge is -2.28. The van der Waals surface area contributed by atoms with Gasteiger partial charge in [-0.05, 0) is 17.5 Å². The molecule has 94 valence electrons. The maximum atomic E-state index is 6.05. The molecule has 0 saturated carbocycles. The first-order chi connectivity index (χ1) is 8.78. The van der Waals surface area contributed by atoms with Gasteiger partial charge >= 0.3 is 0 Å². The normalized spacial score (nSPS) is 14.7. The monoisotopic (exact) mass is 298 g/mol. The highest BCUT2D eigenvalue weighted by Gasteiger charge is 2.20. The molecule has 18 heavy (non-hydrogen) atoms. The maximum Gasteiger partial charge on any atom is 0.187 e. The highest BCUT2D eigenvalue weighted by atomic mass is 35.5. The fourth-order valence-corrected chi connectivity index (χ4v) is 3.70. The lowest BCUT2D eigenvalue weighted by Crippen LogP contribution is -2.30. The van der Waals surface area contributed by atoms with E-state index in [1.165, 1.54) is 11.1 Å². The molecule has 0 N–H and O–H groups in total. The Bertz CT molecular complexity index is 568. The van der Waals surface area contributed by atoms with Crippen LogP contribution < -0.4 is 4.90 Å². The molecule has 0 fully saturated rings. The van der Waals surface area contributed by atoms with Crippen LogP contribution in [-0.4, -0.2) is 11.5 Å². The van der Waals surface area contributed by atoms with Crippen molar-refractivity contribution in [3.05, 3.63) is 45.4 Å². The van der Waals surface area contributed by atoms with Crippen molar-refractivity contribution in [2.45, 2.75) is 18.8 Å². The van der Waals surface area contributed by atoms with Crippen molar-refractivity contribution in [1.29, 1.82) is 0 Å². The number of nitrogens with zero attached hydrogens (tertiary/aromatic N) is 2. The van der Waals surface area contributed by atoms with E-state index in [1.54, 1.807) is 11.3 Å². The molecule has 2 aromatic rings. The first-order valence-corrected chi connectivity index (χ1v) is 7.53. The molecular weight excluding hydrogens is 287 g/mol. The molecule has 0 spiro atoms. The lowest BCUT2D eigenvalue weighted by molar-refractivity contribution is 0.729. The van der Waals surface area contributed by atoms with Crippen molar-refractivity contribution < 1.29 is 0 Å². The molecule has 0 saturated heterocycles. The first-order valence-electron chi connectivity index (χ1n) is 5.81. The summed E-state index contributed by atoms with van der Waals surface area (Å²) in [5.74, 6) is 0.431. The third kappa shape index (κ3) is 2.22. The van der Waals surface area contributed by atoms with Gasteiger partial charge in [-0.3, -0.25) is 0 Å². The second-order valence-electron chi connectivity index (χ2n) is 4.28. The molecule has 1 aromatic carbocycles. The fourth-order valence-electron chi connectivity index (χ4n) is 2.20. The van der Waals surface area contributed by atoms with Crippen molar-refractivity contribution >= 4 is 39.7 Å². The SMILES string of the molecule is ClCc1sc(N2CCc3ccccc3C2)nc1Cl. The van der Waals surface area contributed by atoms with Crippen LogP contribution in [-0.2, 0) is 18.8 Å². The third-order valence-corrected chi connectivity index (χ3v) is 5.13. The van der Waals surface area contributed by atoms with E-state index in [9.17, 15) is 0 Å². The molecule has 1 aromatic heterocycles. The van der Waals surface area contributed by atoms with E-state index < -0.39 is 0 Å². The number of alkyl halides is 1. The van der Waals surface area contributed by atoms with Gasteiger partial charge in [-0.1, -0.05) is 47.2 Å². The van der Waals surface area contributed by atoms with Crippen LogP contribution in [0.3, 0.4) is 0 Å². The quantitative estimate of drug-likeness (QED) is 0.776. The minimum atomic E-state index is 0.431. The van der Waals surface area contributed by atoms with Gasteiger partial charge in [0.2, 0.25) is 0 Å². The van der Waals surface area contributed by atoms with Gasteiger partial charge in [0.15, 0.2) is 5.13 Å². The van der Waals surface area contributed by atoms with Crippen LogP contribution in [0.2, 0.25) is 5.15 Å². The molecule has 0 unspecified atom stereocenters. The summed E-state index contributed by atoms with van der Waals surface area (Å²) in [4.78, 5) is 7.63. The average Bonchev–Trinajstić information content (AvgIpc) is 2.79. The Labute approximate surface area is 120 Å². The standard InChI is InChI=1S/C13H12Cl2N2S/c14-7-11-12(15)16-13(18-11)17-6-5-9-3-1-2-4-10(9)8-17/h1-4H,5-8H2. The Balaban J connectivity index is 1.87. The summed E-state index contributed by atoms with van der Waals surface area (Å²) >= 11 is 13.5. The van der Waals surface area contributed by atoms with E-state index in [0.29, 0.717) is 11.0 Å². The summed E-state index contributed by atoms with van der Waals surface area (Å²) in [7, 11) is 0. The summed E-state index contributed by atoms with van der Waals surface area (Å²) in [6.45, 7) is 1.89. The number of benzene rings is 1. The average molecular weight is 299 g/mol. The fraction of sp³-hybridized carbons (Fsp3) is 0.308. The molecule has 0 radical (unpaired) electrons. The van der Waals surface area contributed by atoms with E-state index in [-0.39, 0.29) is 0 Å². The Morgan fingerprint density at radius 1 is 1.28 bits per heavy atom. The molecule has 2 nitrogen and oxygen atoms in total. The topological polar surface area (TPSA) is 16.1 Å². The molecule has 0 amide bonds. The van der Waals surface area contributed by atoms with Crippen molar-refractivity contribution in [3.8, 4) is 0 Å². The van der Waals surface area contributed by atoms with Crippen LogP contribution in [0.15, 0.2) is 24.3 Å². The summed E-state index contributed by atoms with van der Waals surface area (Å²) in [6, 6.07) is 8.56. The van der Waals surface area contributed by atoms with Crippen molar-refractivity contribution in [1.82, 2.24) is 4.98 Å². The number of anilines is 1. The number of thiazole rings is 1. The highest BCUT2D eigenvalue weighted by molar-refractivity contribution is 7.16. The van der Waals surface area contributed by atoms with E-state index in [1.807, 2.05) is 0 Å². The molecular formula is C13H12Cl2N2S. The van der Waals surface area contributed by atoms with E-state index >= 15 is 0 Å². The molecule has 0 aliphatic carbocycles. The van der Waals surface area contributed by atoms with Gasteiger partial charge < -0.3 is 4.90 Å². The van der Waals surface area contributed by atoms with Crippen LogP contribution >= 0.6 is 34.5 Å². The Morgan fingerprint density at radius 3 is 2.78 bits per heavy atom. The van der Waals surface area contributed by atoms with E-state index in [2.05, 4.69) is 34.1 Å². The number of hydrogen-bond donors (Lipinski definition) is 0. The molecule has 3 rings (SSSR count). The van der Waals surface area contributed by atoms with E-state index in [0.717, 1.165) is 29.5 Å². The van der Waals surface area contributed by atoms with Crippen molar-refractivity contribution in [3.63, 3.8) is 0 Å². The Hall–Kier alpha value is -0.770. The summed E-state index contributed by atoms with van der Waals surface area (Å²) in [6.07, 6.45) is 1.06. The van der Waals surface area contributed by atoms with Crippen LogP contribution in [0.25, 0.3) is 0 Å². The molecule has 0 atom stereocenters. The number of halogens is 2. The summed E-state index contributed by atoms with van der Waals surface area (Å²) in [5, 5.41) is 1.52. The number of hydrogen-bond acceptors (Lipinski definition) is 3. The first kappa shape index (κ1) is 12.3. The van der Waals surface area contributed by atoms with Gasteiger partial charge in [-0.2, -0.15) is 0 Å². The van der Waals surface area contributed by atoms with Crippen LogP contribution in [0.5, 0.6) is 0 Å².